The van der Waals surface area contributed by atoms with E-state index in [0.29, 0.717) is 19.5 Å². The van der Waals surface area contributed by atoms with E-state index in [1.54, 1.807) is 0 Å². The summed E-state index contributed by atoms with van der Waals surface area (Å²) in [5.74, 6) is 3.54. The predicted octanol–water partition coefficient (Wildman–Crippen LogP) is 6.79. The number of unbranched alkanes of at least 4 members (excludes halogenated alkanes) is 3. The summed E-state index contributed by atoms with van der Waals surface area (Å²) in [5, 5.41) is 0. The summed E-state index contributed by atoms with van der Waals surface area (Å²) < 4.78 is 13.7. The molecule has 1 heterocycles. The normalized spacial score (nSPS) is 16.4. The monoisotopic (exact) mass is 505 g/mol. The van der Waals surface area contributed by atoms with Crippen LogP contribution in [0.25, 0.3) is 0 Å². The fourth-order valence-electron chi connectivity index (χ4n) is 4.07. The molecule has 1 saturated heterocycles. The van der Waals surface area contributed by atoms with E-state index < -0.39 is 18.4 Å². The van der Waals surface area contributed by atoms with Crippen LogP contribution in [0.2, 0.25) is 13.3 Å². The average molecular weight is 504 g/mol. The van der Waals surface area contributed by atoms with E-state index in [-0.39, 0.29) is 12.2 Å². The van der Waals surface area contributed by atoms with Crippen LogP contribution in [0, 0.1) is 9.86 Å². The van der Waals surface area contributed by atoms with Gasteiger partial charge in [0.2, 0.25) is 0 Å². The van der Waals surface area contributed by atoms with Crippen molar-refractivity contribution in [2.75, 3.05) is 6.54 Å². The summed E-state index contributed by atoms with van der Waals surface area (Å²) in [6.45, 7) is 8.16. The van der Waals surface area contributed by atoms with Crippen LogP contribution in [-0.2, 0) is 11.3 Å². The summed E-state index contributed by atoms with van der Waals surface area (Å²) in [6.07, 6.45) is 8.24. The third kappa shape index (κ3) is 8.24. The molecular weight excluding hydrogens is 465 g/mol. The molecule has 1 atom stereocenters. The molecule has 0 spiro atoms. The van der Waals surface area contributed by atoms with E-state index in [4.69, 9.17) is 4.74 Å². The topological polar surface area (TPSA) is 29.5 Å². The number of nitrogens with zero attached hydrogens (tertiary/aromatic N) is 1. The zero-order valence-electron chi connectivity index (χ0n) is 18.7. The first-order valence-corrected chi connectivity index (χ1v) is 19.1. The third-order valence-electron chi connectivity index (χ3n) is 5.88. The van der Waals surface area contributed by atoms with E-state index in [2.05, 4.69) is 42.8 Å². The van der Waals surface area contributed by atoms with Gasteiger partial charge in [0.15, 0.2) is 0 Å². The fraction of sp³-hybridized carbons (Fsp3) is 0.640. The Balaban J connectivity index is 1.98. The summed E-state index contributed by atoms with van der Waals surface area (Å²) >= 11 is -2.40. The van der Waals surface area contributed by atoms with Crippen LogP contribution in [0.15, 0.2) is 30.3 Å². The SMILES string of the molecule is CCC[CH2][Sn]([C]#CCC1CN(Cc2ccccc2)C(=O)O1)([CH2]CCC)[CH2]CCC. The molecule has 160 valence electrons. The van der Waals surface area contributed by atoms with E-state index in [0.717, 1.165) is 5.56 Å². The van der Waals surface area contributed by atoms with Gasteiger partial charge in [-0.1, -0.05) is 0 Å². The number of carbonyl (C=O) groups is 1. The van der Waals surface area contributed by atoms with Gasteiger partial charge in [-0.25, -0.2) is 0 Å². The molecule has 1 aromatic rings. The zero-order valence-corrected chi connectivity index (χ0v) is 21.6. The van der Waals surface area contributed by atoms with Crippen LogP contribution in [0.3, 0.4) is 0 Å². The number of cyclic esters (lactones) is 1. The van der Waals surface area contributed by atoms with Gasteiger partial charge in [-0.05, 0) is 0 Å². The summed E-state index contributed by atoms with van der Waals surface area (Å²) in [4.78, 5) is 14.1. The third-order valence-corrected chi connectivity index (χ3v) is 19.1. The van der Waals surface area contributed by atoms with Crippen molar-refractivity contribution in [3.8, 4) is 9.86 Å². The zero-order chi connectivity index (χ0) is 21.0. The van der Waals surface area contributed by atoms with Crippen molar-refractivity contribution in [3.05, 3.63) is 35.9 Å². The Morgan fingerprint density at radius 1 is 1.00 bits per heavy atom. The van der Waals surface area contributed by atoms with E-state index in [9.17, 15) is 4.79 Å². The number of ether oxygens (including phenoxy) is 1. The minimum absolute atomic E-state index is 0.0776. The molecule has 1 unspecified atom stereocenters. The molecule has 29 heavy (non-hydrogen) atoms. The molecule has 0 saturated carbocycles. The van der Waals surface area contributed by atoms with Crippen LogP contribution in [0.4, 0.5) is 4.79 Å². The van der Waals surface area contributed by atoms with Gasteiger partial charge in [0, 0.05) is 0 Å². The number of amides is 1. The predicted molar refractivity (Wildman–Crippen MR) is 124 cm³/mol. The Bertz CT molecular complexity index is 643. The van der Waals surface area contributed by atoms with Gasteiger partial charge in [-0.3, -0.25) is 0 Å². The van der Waals surface area contributed by atoms with Gasteiger partial charge < -0.3 is 0 Å². The number of rotatable bonds is 12. The Hall–Kier alpha value is -1.15. The van der Waals surface area contributed by atoms with Crippen LogP contribution >= 0.6 is 0 Å². The number of benzene rings is 1. The number of carbonyl (C=O) groups excluding carboxylic acids is 1. The molecule has 2 rings (SSSR count). The Morgan fingerprint density at radius 2 is 1.59 bits per heavy atom. The molecule has 1 amide bonds. The van der Waals surface area contributed by atoms with Crippen molar-refractivity contribution in [1.29, 1.82) is 0 Å². The molecule has 0 bridgehead atoms. The molecule has 1 aliphatic rings. The van der Waals surface area contributed by atoms with Crippen LogP contribution in [0.1, 0.15) is 71.3 Å². The van der Waals surface area contributed by atoms with Gasteiger partial charge in [0.05, 0.1) is 0 Å². The molecule has 1 aliphatic heterocycles. The van der Waals surface area contributed by atoms with E-state index in [1.165, 1.54) is 51.8 Å². The van der Waals surface area contributed by atoms with Gasteiger partial charge in [-0.2, -0.15) is 0 Å². The first kappa shape index (κ1) is 24.1. The Labute approximate surface area is 182 Å². The van der Waals surface area contributed by atoms with E-state index >= 15 is 0 Å². The van der Waals surface area contributed by atoms with Gasteiger partial charge in [0.1, 0.15) is 0 Å². The fourth-order valence-corrected chi connectivity index (χ4v) is 17.5. The Kier molecular flexibility index (Phi) is 11.0. The first-order chi connectivity index (χ1) is 14.1. The second-order valence-corrected chi connectivity index (χ2v) is 20.8. The molecule has 1 fully saturated rings. The molecule has 1 aromatic carbocycles. The van der Waals surface area contributed by atoms with Crippen LogP contribution < -0.4 is 0 Å². The molecule has 3 nitrogen and oxygen atoms in total. The van der Waals surface area contributed by atoms with Crippen LogP contribution in [-0.4, -0.2) is 42.0 Å². The second-order valence-electron chi connectivity index (χ2n) is 8.47. The van der Waals surface area contributed by atoms with E-state index in [1.807, 2.05) is 23.1 Å². The number of hydrogen-bond acceptors (Lipinski definition) is 2. The van der Waals surface area contributed by atoms with Gasteiger partial charge in [-0.15, -0.1) is 0 Å². The first-order valence-electron chi connectivity index (χ1n) is 11.6. The molecule has 0 N–H and O–H groups in total. The van der Waals surface area contributed by atoms with Crippen molar-refractivity contribution in [2.45, 2.75) is 91.7 Å². The Morgan fingerprint density at radius 3 is 2.14 bits per heavy atom. The van der Waals surface area contributed by atoms with Crippen molar-refractivity contribution in [2.24, 2.45) is 0 Å². The summed E-state index contributed by atoms with van der Waals surface area (Å²) in [6, 6.07) is 10.1. The van der Waals surface area contributed by atoms with Crippen molar-refractivity contribution in [1.82, 2.24) is 4.90 Å². The maximum atomic E-state index is 12.2. The standard InChI is InChI=1S/C13H12NO2.3C4H9.Sn/c1-2-6-12-10-14(13(15)16-12)9-11-7-4-3-5-8-11;3*1-3-4-2;/h3-5,7-8,12H,6,9-10H2;3*1,3-4H2,2H3;. The molecule has 0 aliphatic carbocycles. The van der Waals surface area contributed by atoms with Gasteiger partial charge >= 0.3 is 183 Å². The second kappa shape index (κ2) is 13.2. The van der Waals surface area contributed by atoms with Crippen molar-refractivity contribution >= 4 is 24.5 Å². The molecule has 0 radical (unpaired) electrons. The molecular formula is C25H39NO2Sn. The minimum atomic E-state index is -2.40. The van der Waals surface area contributed by atoms with Gasteiger partial charge in [0.25, 0.3) is 0 Å². The summed E-state index contributed by atoms with van der Waals surface area (Å²) in [7, 11) is 0. The summed E-state index contributed by atoms with van der Waals surface area (Å²) in [5.41, 5.74) is 1.14. The average Bonchev–Trinajstić information content (AvgIpc) is 3.08. The molecule has 0 aromatic heterocycles. The maximum absolute atomic E-state index is 12.2. The quantitative estimate of drug-likeness (QED) is 0.232. The van der Waals surface area contributed by atoms with Crippen molar-refractivity contribution in [3.63, 3.8) is 0 Å². The number of hydrogen-bond donors (Lipinski definition) is 0. The molecule has 4 heteroatoms. The van der Waals surface area contributed by atoms with Crippen molar-refractivity contribution < 1.29 is 9.53 Å². The van der Waals surface area contributed by atoms with Crippen LogP contribution in [0.5, 0.6) is 0 Å².